The molecule has 0 radical (unpaired) electrons. The van der Waals surface area contributed by atoms with Crippen LogP contribution < -0.4 is 14.8 Å². The molecule has 0 aliphatic carbocycles. The Bertz CT molecular complexity index is 928. The van der Waals surface area contributed by atoms with Crippen molar-refractivity contribution in [3.05, 3.63) is 58.1 Å². The zero-order valence-corrected chi connectivity index (χ0v) is 16.4. The average Bonchev–Trinajstić information content (AvgIpc) is 2.67. The number of nitro groups is 1. The van der Waals surface area contributed by atoms with E-state index in [1.807, 2.05) is 0 Å². The normalized spacial score (nSPS) is 9.57. The largest absolute Gasteiger partial charge is 0.478 e. The Morgan fingerprint density at radius 1 is 1.10 bits per heavy atom. The van der Waals surface area contributed by atoms with Gasteiger partial charge in [0, 0.05) is 32.9 Å². The molecule has 0 atom stereocenters. The second kappa shape index (κ2) is 11.8. The van der Waals surface area contributed by atoms with Gasteiger partial charge in [-0.05, 0) is 24.3 Å². The predicted octanol–water partition coefficient (Wildman–Crippen LogP) is 2.50. The maximum atomic E-state index is 12.0. The topological polar surface area (TPSA) is 154 Å². The molecule has 30 heavy (non-hydrogen) atoms. The zero-order valence-electron chi connectivity index (χ0n) is 16.4. The van der Waals surface area contributed by atoms with Crippen LogP contribution in [0.25, 0.3) is 0 Å². The van der Waals surface area contributed by atoms with E-state index >= 15 is 0 Å². The van der Waals surface area contributed by atoms with Crippen LogP contribution in [0, 0.1) is 10.1 Å². The van der Waals surface area contributed by atoms with E-state index in [1.165, 1.54) is 36.4 Å². The summed E-state index contributed by atoms with van der Waals surface area (Å²) in [5.41, 5.74) is -0.480. The van der Waals surface area contributed by atoms with E-state index in [9.17, 15) is 29.6 Å². The molecule has 0 unspecified atom stereocenters. The number of amides is 1. The van der Waals surface area contributed by atoms with Crippen LogP contribution in [0.2, 0.25) is 0 Å². The molecule has 0 heterocycles. The number of para-hydroxylation sites is 2. The molecule has 1 amide bonds. The third-order valence-electron chi connectivity index (χ3n) is 3.17. The Morgan fingerprint density at radius 3 is 2.30 bits per heavy atom. The Labute approximate surface area is 171 Å². The number of hydrogen-bond donors (Lipinski definition) is 2. The van der Waals surface area contributed by atoms with E-state index in [1.54, 1.807) is 14.2 Å². The molecular formula is C19H20N2O9. The Hall–Kier alpha value is -3.99. The molecule has 0 aromatic heterocycles. The quantitative estimate of drug-likeness (QED) is 0.297. The molecule has 11 nitrogen and oxygen atoms in total. The molecule has 0 saturated heterocycles. The summed E-state index contributed by atoms with van der Waals surface area (Å²) in [5.74, 6) is -2.94. The number of carboxylic acid groups (broad SMARTS) is 1. The number of methoxy groups -OCH3 is 1. The molecule has 0 spiro atoms. The smallest absolute Gasteiger partial charge is 0.339 e. The van der Waals surface area contributed by atoms with Crippen molar-refractivity contribution in [3.63, 3.8) is 0 Å². The molecule has 0 aliphatic rings. The van der Waals surface area contributed by atoms with Crippen molar-refractivity contribution in [2.24, 2.45) is 0 Å². The number of nitrogens with zero attached hydrogens (tertiary/aromatic N) is 1. The zero-order chi connectivity index (χ0) is 22.7. The highest BCUT2D eigenvalue weighted by atomic mass is 16.6. The molecule has 0 bridgehead atoms. The van der Waals surface area contributed by atoms with E-state index in [0.29, 0.717) is 0 Å². The molecule has 11 heteroatoms. The first-order chi connectivity index (χ1) is 14.2. The van der Waals surface area contributed by atoms with E-state index in [2.05, 4.69) is 10.1 Å². The molecule has 2 aromatic carbocycles. The number of ether oxygens (including phenoxy) is 3. The van der Waals surface area contributed by atoms with Crippen LogP contribution in [0.4, 0.5) is 11.4 Å². The van der Waals surface area contributed by atoms with Crippen molar-refractivity contribution in [1.82, 2.24) is 0 Å². The minimum absolute atomic E-state index is 0.0749. The Balaban J connectivity index is 0.00000141. The number of carbonyl (C=O) groups is 3. The summed E-state index contributed by atoms with van der Waals surface area (Å²) in [6.45, 7) is 0.598. The highest BCUT2D eigenvalue weighted by Crippen LogP contribution is 2.26. The minimum Gasteiger partial charge on any atom is -0.478 e. The first-order valence-corrected chi connectivity index (χ1v) is 8.31. The first-order valence-electron chi connectivity index (χ1n) is 8.31. The lowest BCUT2D eigenvalue weighted by molar-refractivity contribution is -0.385. The van der Waals surface area contributed by atoms with Gasteiger partial charge in [0.25, 0.3) is 5.91 Å². The molecule has 0 aliphatic heterocycles. The summed E-state index contributed by atoms with van der Waals surface area (Å²) in [7, 11) is 3.25. The number of anilines is 1. The van der Waals surface area contributed by atoms with Crippen LogP contribution in [0.1, 0.15) is 17.3 Å². The van der Waals surface area contributed by atoms with Gasteiger partial charge in [0.05, 0.1) is 4.92 Å². The number of rotatable bonds is 7. The monoisotopic (exact) mass is 420 g/mol. The number of aromatic carboxylic acids is 1. The van der Waals surface area contributed by atoms with Gasteiger partial charge in [0.2, 0.25) is 0 Å². The number of nitro benzene ring substituents is 1. The second-order valence-electron chi connectivity index (χ2n) is 5.58. The third-order valence-corrected chi connectivity index (χ3v) is 3.17. The summed E-state index contributed by atoms with van der Waals surface area (Å²) in [4.78, 5) is 44.5. The summed E-state index contributed by atoms with van der Waals surface area (Å²) < 4.78 is 14.2. The first kappa shape index (κ1) is 24.0. The van der Waals surface area contributed by atoms with Gasteiger partial charge in [-0.25, -0.2) is 4.79 Å². The maximum absolute atomic E-state index is 12.0. The predicted molar refractivity (Wildman–Crippen MR) is 105 cm³/mol. The van der Waals surface area contributed by atoms with Crippen LogP contribution in [-0.2, 0) is 14.3 Å². The number of hydrogen-bond acceptors (Lipinski definition) is 8. The van der Waals surface area contributed by atoms with E-state index in [4.69, 9.17) is 9.47 Å². The number of benzene rings is 2. The molecule has 2 rings (SSSR count). The van der Waals surface area contributed by atoms with Gasteiger partial charge in [-0.15, -0.1) is 0 Å². The molecule has 160 valence electrons. The van der Waals surface area contributed by atoms with Crippen molar-refractivity contribution in [2.75, 3.05) is 26.1 Å². The summed E-state index contributed by atoms with van der Waals surface area (Å²) in [6.07, 6.45) is 0. The van der Waals surface area contributed by atoms with E-state index in [0.717, 1.165) is 13.0 Å². The Morgan fingerprint density at radius 2 is 1.73 bits per heavy atom. The van der Waals surface area contributed by atoms with Gasteiger partial charge in [0.1, 0.15) is 11.3 Å². The van der Waals surface area contributed by atoms with Crippen LogP contribution in [-0.4, -0.2) is 48.7 Å². The van der Waals surface area contributed by atoms with Crippen LogP contribution in [0.3, 0.4) is 0 Å². The molecular weight excluding hydrogens is 400 g/mol. The van der Waals surface area contributed by atoms with Gasteiger partial charge in [-0.1, -0.05) is 12.1 Å². The number of carboxylic acids is 1. The van der Waals surface area contributed by atoms with Crippen LogP contribution >= 0.6 is 0 Å². The van der Waals surface area contributed by atoms with Crippen molar-refractivity contribution in [2.45, 2.75) is 6.92 Å². The maximum Gasteiger partial charge on any atom is 0.339 e. The highest BCUT2D eigenvalue weighted by Gasteiger charge is 2.17. The van der Waals surface area contributed by atoms with Gasteiger partial charge in [-0.2, -0.15) is 0 Å². The fourth-order valence-corrected chi connectivity index (χ4v) is 2.09. The van der Waals surface area contributed by atoms with Gasteiger partial charge < -0.3 is 24.6 Å². The lowest BCUT2D eigenvalue weighted by Crippen LogP contribution is -2.20. The molecule has 0 saturated carbocycles. The van der Waals surface area contributed by atoms with E-state index in [-0.39, 0.29) is 28.4 Å². The van der Waals surface area contributed by atoms with Crippen molar-refractivity contribution in [1.29, 1.82) is 0 Å². The van der Waals surface area contributed by atoms with Crippen molar-refractivity contribution in [3.8, 4) is 11.5 Å². The fraction of sp³-hybridized carbons (Fsp3) is 0.211. The number of carbonyl (C=O) groups excluding carboxylic acids is 2. The summed E-state index contributed by atoms with van der Waals surface area (Å²) in [5, 5.41) is 22.5. The van der Waals surface area contributed by atoms with Crippen molar-refractivity contribution < 1.29 is 38.6 Å². The minimum atomic E-state index is -1.35. The molecule has 2 aromatic rings. The highest BCUT2D eigenvalue weighted by molar-refractivity contribution is 5.96. The van der Waals surface area contributed by atoms with Crippen molar-refractivity contribution >= 4 is 29.2 Å². The van der Waals surface area contributed by atoms with Gasteiger partial charge in [-0.3, -0.25) is 19.7 Å². The second-order valence-corrected chi connectivity index (χ2v) is 5.58. The third kappa shape index (κ3) is 7.56. The lowest BCUT2D eigenvalue weighted by Gasteiger charge is -2.10. The molecule has 0 fully saturated rings. The summed E-state index contributed by atoms with van der Waals surface area (Å²) in [6, 6.07) is 9.25. The SMILES string of the molecule is CC(=O)Oc1ccc(NC(=O)COc2ccccc2[N+](=O)[O-])cc1C(=O)O.COC. The van der Waals surface area contributed by atoms with Crippen LogP contribution in [0.5, 0.6) is 11.5 Å². The lowest BCUT2D eigenvalue weighted by atomic mass is 10.1. The van der Waals surface area contributed by atoms with Gasteiger partial charge in [0.15, 0.2) is 12.4 Å². The number of nitrogens with one attached hydrogen (secondary N) is 1. The standard InChI is InChI=1S/C17H14N2O8.C2H6O/c1-10(20)27-14-7-6-11(8-12(14)17(22)23)18-16(21)9-26-15-5-3-2-4-13(15)19(24)25;1-3-2/h2-8H,9H2,1H3,(H,18,21)(H,22,23);1-2H3. The summed E-state index contributed by atoms with van der Waals surface area (Å²) >= 11 is 0. The average molecular weight is 420 g/mol. The van der Waals surface area contributed by atoms with Gasteiger partial charge >= 0.3 is 17.6 Å². The van der Waals surface area contributed by atoms with Crippen LogP contribution in [0.15, 0.2) is 42.5 Å². The van der Waals surface area contributed by atoms with E-state index < -0.39 is 29.4 Å². The number of esters is 1. The fourth-order valence-electron chi connectivity index (χ4n) is 2.09. The molecule has 2 N–H and O–H groups in total. The Kier molecular flexibility index (Phi) is 9.43.